The number of amides is 1. The topological polar surface area (TPSA) is 73.0 Å². The Bertz CT molecular complexity index is 1380. The zero-order valence-electron chi connectivity index (χ0n) is 17.2. The predicted octanol–water partition coefficient (Wildman–Crippen LogP) is 5.55. The van der Waals surface area contributed by atoms with Gasteiger partial charge in [0.1, 0.15) is 16.8 Å². The van der Waals surface area contributed by atoms with Crippen LogP contribution in [0.15, 0.2) is 83.3 Å². The molecule has 0 saturated heterocycles. The van der Waals surface area contributed by atoms with Gasteiger partial charge >= 0.3 is 0 Å². The number of benzene rings is 3. The van der Waals surface area contributed by atoms with E-state index in [2.05, 4.69) is 15.5 Å². The fourth-order valence-corrected chi connectivity index (χ4v) is 3.40. The van der Waals surface area contributed by atoms with Crippen LogP contribution in [0.4, 0.5) is 5.69 Å². The minimum absolute atomic E-state index is 0.252. The van der Waals surface area contributed by atoms with Crippen molar-refractivity contribution in [2.24, 2.45) is 0 Å². The number of carbonyl (C=O) groups excluding carboxylic acids is 1. The molecule has 0 aliphatic rings. The van der Waals surface area contributed by atoms with Gasteiger partial charge in [0.05, 0.1) is 5.69 Å². The van der Waals surface area contributed by atoms with Crippen molar-refractivity contribution in [1.82, 2.24) is 15.0 Å². The second-order valence-electron chi connectivity index (χ2n) is 7.46. The number of hydrogen-bond acceptors (Lipinski definition) is 4. The second kappa shape index (κ2) is 7.57. The van der Waals surface area contributed by atoms with E-state index in [-0.39, 0.29) is 11.7 Å². The maximum atomic E-state index is 12.8. The molecule has 0 aliphatic carbocycles. The highest BCUT2D eigenvalue weighted by Crippen LogP contribution is 2.25. The summed E-state index contributed by atoms with van der Waals surface area (Å²) in [4.78, 5) is 14.4. The standard InChI is InChI=1S/C25H20N4O2/c1-16-8-10-19(11-9-16)29-27-21-14-17(2)20(15-22(21)28-29)26-25(30)24-13-12-23(31-24)18-6-4-3-5-7-18/h3-15H,1-2H3,(H,26,30). The molecule has 0 unspecified atom stereocenters. The van der Waals surface area contributed by atoms with Crippen molar-refractivity contribution in [3.8, 4) is 17.0 Å². The summed E-state index contributed by atoms with van der Waals surface area (Å²) < 4.78 is 5.76. The van der Waals surface area contributed by atoms with Crippen LogP contribution in [-0.4, -0.2) is 20.9 Å². The third-order valence-corrected chi connectivity index (χ3v) is 5.13. The summed E-state index contributed by atoms with van der Waals surface area (Å²) in [5.41, 5.74) is 6.01. The predicted molar refractivity (Wildman–Crippen MR) is 120 cm³/mol. The van der Waals surface area contributed by atoms with Crippen LogP contribution in [0.2, 0.25) is 0 Å². The summed E-state index contributed by atoms with van der Waals surface area (Å²) in [6, 6.07) is 24.9. The van der Waals surface area contributed by atoms with Crippen molar-refractivity contribution in [3.05, 3.63) is 95.7 Å². The molecule has 0 radical (unpaired) electrons. The number of fused-ring (bicyclic) bond motifs is 1. The molecule has 5 rings (SSSR count). The molecule has 1 N–H and O–H groups in total. The van der Waals surface area contributed by atoms with Gasteiger partial charge < -0.3 is 9.73 Å². The van der Waals surface area contributed by atoms with Crippen molar-refractivity contribution in [2.75, 3.05) is 5.32 Å². The first-order valence-corrected chi connectivity index (χ1v) is 9.98. The highest BCUT2D eigenvalue weighted by molar-refractivity contribution is 6.04. The van der Waals surface area contributed by atoms with Gasteiger partial charge in [0, 0.05) is 11.3 Å². The molecule has 0 spiro atoms. The summed E-state index contributed by atoms with van der Waals surface area (Å²) in [7, 11) is 0. The molecule has 0 aliphatic heterocycles. The van der Waals surface area contributed by atoms with Crippen LogP contribution in [-0.2, 0) is 0 Å². The Morgan fingerprint density at radius 1 is 0.871 bits per heavy atom. The number of anilines is 1. The number of rotatable bonds is 4. The molecular formula is C25H20N4O2. The lowest BCUT2D eigenvalue weighted by Gasteiger charge is -2.06. The number of hydrogen-bond donors (Lipinski definition) is 1. The fraction of sp³-hybridized carbons (Fsp3) is 0.0800. The van der Waals surface area contributed by atoms with Crippen LogP contribution in [0.3, 0.4) is 0 Å². The SMILES string of the molecule is Cc1ccc(-n2nc3cc(C)c(NC(=O)c4ccc(-c5ccccc5)o4)cc3n2)cc1. The first-order valence-electron chi connectivity index (χ1n) is 9.98. The molecule has 0 atom stereocenters. The number of aryl methyl sites for hydroxylation is 2. The highest BCUT2D eigenvalue weighted by atomic mass is 16.3. The van der Waals surface area contributed by atoms with Crippen LogP contribution in [0.5, 0.6) is 0 Å². The van der Waals surface area contributed by atoms with Crippen molar-refractivity contribution in [2.45, 2.75) is 13.8 Å². The molecule has 6 heteroatoms. The lowest BCUT2D eigenvalue weighted by atomic mass is 10.1. The zero-order chi connectivity index (χ0) is 21.4. The van der Waals surface area contributed by atoms with E-state index in [1.54, 1.807) is 16.9 Å². The smallest absolute Gasteiger partial charge is 0.291 e. The third-order valence-electron chi connectivity index (χ3n) is 5.13. The van der Waals surface area contributed by atoms with Gasteiger partial charge in [0.15, 0.2) is 5.76 Å². The molecule has 2 aromatic heterocycles. The van der Waals surface area contributed by atoms with Gasteiger partial charge in [-0.1, -0.05) is 48.0 Å². The molecular weight excluding hydrogens is 388 g/mol. The van der Waals surface area contributed by atoms with Gasteiger partial charge in [-0.15, -0.1) is 10.2 Å². The number of nitrogens with zero attached hydrogens (tertiary/aromatic N) is 3. The summed E-state index contributed by atoms with van der Waals surface area (Å²) in [5, 5.41) is 12.1. The zero-order valence-corrected chi connectivity index (χ0v) is 17.2. The Balaban J connectivity index is 1.41. The maximum Gasteiger partial charge on any atom is 0.291 e. The normalized spacial score (nSPS) is 11.0. The largest absolute Gasteiger partial charge is 0.451 e. The van der Waals surface area contributed by atoms with Crippen molar-refractivity contribution in [1.29, 1.82) is 0 Å². The molecule has 5 aromatic rings. The first-order chi connectivity index (χ1) is 15.1. The van der Waals surface area contributed by atoms with Crippen LogP contribution in [0.1, 0.15) is 21.7 Å². The second-order valence-corrected chi connectivity index (χ2v) is 7.46. The van der Waals surface area contributed by atoms with Gasteiger partial charge in [-0.25, -0.2) is 0 Å². The van der Waals surface area contributed by atoms with Crippen LogP contribution < -0.4 is 5.32 Å². The molecule has 0 bridgehead atoms. The lowest BCUT2D eigenvalue weighted by molar-refractivity contribution is 0.0997. The molecule has 1 amide bonds. The van der Waals surface area contributed by atoms with Gasteiger partial charge in [0.25, 0.3) is 5.91 Å². The Kier molecular flexibility index (Phi) is 4.59. The minimum Gasteiger partial charge on any atom is -0.451 e. The Labute approximate surface area is 179 Å². The molecule has 0 fully saturated rings. The van der Waals surface area contributed by atoms with E-state index in [1.165, 1.54) is 5.56 Å². The minimum atomic E-state index is -0.310. The third kappa shape index (κ3) is 3.71. The molecule has 152 valence electrons. The van der Waals surface area contributed by atoms with Gasteiger partial charge in [-0.3, -0.25) is 4.79 Å². The van der Waals surface area contributed by atoms with E-state index < -0.39 is 0 Å². The monoisotopic (exact) mass is 408 g/mol. The van der Waals surface area contributed by atoms with Crippen LogP contribution >= 0.6 is 0 Å². The maximum absolute atomic E-state index is 12.8. The summed E-state index contributed by atoms with van der Waals surface area (Å²) in [6.45, 7) is 3.97. The van der Waals surface area contributed by atoms with E-state index in [0.29, 0.717) is 17.0 Å². The van der Waals surface area contributed by atoms with E-state index in [9.17, 15) is 4.79 Å². The summed E-state index contributed by atoms with van der Waals surface area (Å²) >= 11 is 0. The Morgan fingerprint density at radius 2 is 1.58 bits per heavy atom. The van der Waals surface area contributed by atoms with Crippen molar-refractivity contribution in [3.63, 3.8) is 0 Å². The summed E-state index contributed by atoms with van der Waals surface area (Å²) in [5.74, 6) is 0.594. The molecule has 31 heavy (non-hydrogen) atoms. The number of nitrogens with one attached hydrogen (secondary N) is 1. The summed E-state index contributed by atoms with van der Waals surface area (Å²) in [6.07, 6.45) is 0. The van der Waals surface area contributed by atoms with Crippen LogP contribution in [0, 0.1) is 13.8 Å². The quantitative estimate of drug-likeness (QED) is 0.423. The van der Waals surface area contributed by atoms with Crippen LogP contribution in [0.25, 0.3) is 28.0 Å². The number of aromatic nitrogens is 3. The van der Waals surface area contributed by atoms with Gasteiger partial charge in [-0.2, -0.15) is 4.80 Å². The van der Waals surface area contributed by atoms with Crippen molar-refractivity contribution >= 4 is 22.6 Å². The van der Waals surface area contributed by atoms with Crippen molar-refractivity contribution < 1.29 is 9.21 Å². The number of furan rings is 1. The van der Waals surface area contributed by atoms with E-state index in [4.69, 9.17) is 4.42 Å². The lowest BCUT2D eigenvalue weighted by Crippen LogP contribution is -2.11. The van der Waals surface area contributed by atoms with Gasteiger partial charge in [0.2, 0.25) is 0 Å². The number of carbonyl (C=O) groups is 1. The van der Waals surface area contributed by atoms with E-state index in [1.807, 2.05) is 80.6 Å². The fourth-order valence-electron chi connectivity index (χ4n) is 3.40. The van der Waals surface area contributed by atoms with E-state index >= 15 is 0 Å². The molecule has 2 heterocycles. The molecule has 3 aromatic carbocycles. The average molecular weight is 408 g/mol. The Hall–Kier alpha value is -4.19. The highest BCUT2D eigenvalue weighted by Gasteiger charge is 2.15. The molecule has 6 nitrogen and oxygen atoms in total. The molecule has 0 saturated carbocycles. The first kappa shape index (κ1) is 18.8. The van der Waals surface area contributed by atoms with Gasteiger partial charge in [-0.05, 0) is 55.8 Å². The Morgan fingerprint density at radius 3 is 2.32 bits per heavy atom. The van der Waals surface area contributed by atoms with E-state index in [0.717, 1.165) is 22.3 Å². The average Bonchev–Trinajstić information content (AvgIpc) is 3.42.